The number of nitrogens with two attached hydrogens (primary N) is 1. The molecule has 1 aliphatic rings. The van der Waals surface area contributed by atoms with Gasteiger partial charge in [-0.1, -0.05) is 6.92 Å². The van der Waals surface area contributed by atoms with Crippen molar-refractivity contribution in [1.29, 1.82) is 0 Å². The van der Waals surface area contributed by atoms with Crippen LogP contribution in [-0.2, 0) is 0 Å². The Labute approximate surface area is 119 Å². The van der Waals surface area contributed by atoms with Crippen LogP contribution >= 0.6 is 0 Å². The average Bonchev–Trinajstić information content (AvgIpc) is 2.88. The zero-order valence-corrected chi connectivity index (χ0v) is 12.1. The third-order valence-corrected chi connectivity index (χ3v) is 4.27. The van der Waals surface area contributed by atoms with Crippen LogP contribution in [0.2, 0.25) is 0 Å². The number of hydrogen-bond acceptors (Lipinski definition) is 5. The minimum Gasteiger partial charge on any atom is -0.382 e. The topological polar surface area (TPSA) is 71.5 Å². The van der Waals surface area contributed by atoms with Gasteiger partial charge in [0, 0.05) is 18.9 Å². The number of piperidine rings is 1. The maximum Gasteiger partial charge on any atom is 0.180 e. The van der Waals surface area contributed by atoms with E-state index in [1.165, 1.54) is 12.8 Å². The molecule has 3 N–H and O–H groups in total. The molecule has 1 fully saturated rings. The first-order chi connectivity index (χ1) is 9.56. The standard InChI is InChI=1S/C14H22N6/c1-14(3-6-19(2)7-4-14)10-17-12-13-16-5-8-20(13)9-11(15)18-12/h5,8-9H,3-4,6-7,10,15H2,1-2H3,(H,17,18). The second-order valence-corrected chi connectivity index (χ2v) is 6.14. The van der Waals surface area contributed by atoms with E-state index in [-0.39, 0.29) is 0 Å². The number of hydrogen-bond donors (Lipinski definition) is 2. The smallest absolute Gasteiger partial charge is 0.180 e. The van der Waals surface area contributed by atoms with Crippen LogP contribution in [0.5, 0.6) is 0 Å². The number of aromatic nitrogens is 3. The number of imidazole rings is 1. The fourth-order valence-electron chi connectivity index (χ4n) is 2.70. The van der Waals surface area contributed by atoms with Crippen LogP contribution in [0.3, 0.4) is 0 Å². The molecule has 2 aromatic rings. The quantitative estimate of drug-likeness (QED) is 0.886. The molecule has 0 saturated carbocycles. The number of nitrogen functional groups attached to an aromatic ring is 1. The van der Waals surface area contributed by atoms with Crippen LogP contribution in [0.4, 0.5) is 11.6 Å². The molecule has 0 atom stereocenters. The highest BCUT2D eigenvalue weighted by molar-refractivity contribution is 5.64. The molecular formula is C14H22N6. The Morgan fingerprint density at radius 2 is 2.15 bits per heavy atom. The van der Waals surface area contributed by atoms with Gasteiger partial charge >= 0.3 is 0 Å². The van der Waals surface area contributed by atoms with Gasteiger partial charge in [-0.15, -0.1) is 0 Å². The number of nitrogens with zero attached hydrogens (tertiary/aromatic N) is 4. The zero-order chi connectivity index (χ0) is 14.2. The van der Waals surface area contributed by atoms with Crippen LogP contribution in [0, 0.1) is 5.41 Å². The van der Waals surface area contributed by atoms with Crippen molar-refractivity contribution in [3.8, 4) is 0 Å². The summed E-state index contributed by atoms with van der Waals surface area (Å²) in [6.45, 7) is 5.55. The first-order valence-electron chi connectivity index (χ1n) is 7.07. The van der Waals surface area contributed by atoms with Gasteiger partial charge in [0.15, 0.2) is 11.5 Å². The summed E-state index contributed by atoms with van der Waals surface area (Å²) in [7, 11) is 2.18. The van der Waals surface area contributed by atoms with Crippen LogP contribution in [-0.4, -0.2) is 46.0 Å². The predicted molar refractivity (Wildman–Crippen MR) is 80.7 cm³/mol. The number of rotatable bonds is 3. The highest BCUT2D eigenvalue weighted by Gasteiger charge is 2.28. The molecule has 0 radical (unpaired) electrons. The van der Waals surface area contributed by atoms with E-state index >= 15 is 0 Å². The van der Waals surface area contributed by atoms with Gasteiger partial charge in [-0.3, -0.25) is 0 Å². The van der Waals surface area contributed by atoms with E-state index in [0.29, 0.717) is 11.2 Å². The van der Waals surface area contributed by atoms with Gasteiger partial charge in [-0.25, -0.2) is 9.97 Å². The van der Waals surface area contributed by atoms with Crippen molar-refractivity contribution in [2.75, 3.05) is 37.7 Å². The molecule has 1 saturated heterocycles. The number of nitrogens with one attached hydrogen (secondary N) is 1. The minimum absolute atomic E-state index is 0.308. The lowest BCUT2D eigenvalue weighted by molar-refractivity contribution is 0.150. The van der Waals surface area contributed by atoms with Crippen LogP contribution < -0.4 is 11.1 Å². The Bertz CT molecular complexity index is 597. The molecule has 6 heteroatoms. The van der Waals surface area contributed by atoms with Gasteiger partial charge in [0.25, 0.3) is 0 Å². The van der Waals surface area contributed by atoms with Crippen LogP contribution in [0.15, 0.2) is 18.6 Å². The summed E-state index contributed by atoms with van der Waals surface area (Å²) in [6.07, 6.45) is 7.83. The van der Waals surface area contributed by atoms with E-state index in [0.717, 1.165) is 31.1 Å². The summed E-state index contributed by atoms with van der Waals surface area (Å²) in [5, 5.41) is 3.45. The molecule has 108 valence electrons. The van der Waals surface area contributed by atoms with Gasteiger partial charge in [-0.2, -0.15) is 0 Å². The molecule has 1 aliphatic heterocycles. The predicted octanol–water partition coefficient (Wildman–Crippen LogP) is 1.46. The number of likely N-dealkylation sites (tertiary alicyclic amines) is 1. The fourth-order valence-corrected chi connectivity index (χ4v) is 2.70. The third-order valence-electron chi connectivity index (χ3n) is 4.27. The lowest BCUT2D eigenvalue weighted by Gasteiger charge is -2.38. The molecule has 2 aromatic heterocycles. The Kier molecular flexibility index (Phi) is 3.25. The second kappa shape index (κ2) is 4.94. The van der Waals surface area contributed by atoms with Gasteiger partial charge in [-0.05, 0) is 38.4 Å². The highest BCUT2D eigenvalue weighted by Crippen LogP contribution is 2.30. The number of anilines is 2. The molecule has 6 nitrogen and oxygen atoms in total. The SMILES string of the molecule is CN1CCC(C)(CNc2nc(N)cn3ccnc23)CC1. The van der Waals surface area contributed by atoms with Crippen molar-refractivity contribution < 1.29 is 0 Å². The first-order valence-corrected chi connectivity index (χ1v) is 7.07. The normalized spacial score (nSPS) is 19.3. The van der Waals surface area contributed by atoms with Gasteiger partial charge in [0.05, 0.1) is 6.20 Å². The molecule has 0 aromatic carbocycles. The van der Waals surface area contributed by atoms with E-state index in [2.05, 4.69) is 34.2 Å². The molecule has 0 aliphatic carbocycles. The van der Waals surface area contributed by atoms with Crippen molar-refractivity contribution in [2.45, 2.75) is 19.8 Å². The third kappa shape index (κ3) is 2.56. The molecule has 0 bridgehead atoms. The maximum atomic E-state index is 5.84. The van der Waals surface area contributed by atoms with Crippen molar-refractivity contribution in [3.63, 3.8) is 0 Å². The van der Waals surface area contributed by atoms with Crippen LogP contribution in [0.25, 0.3) is 5.65 Å². The number of fused-ring (bicyclic) bond motifs is 1. The summed E-state index contributed by atoms with van der Waals surface area (Å²) >= 11 is 0. The van der Waals surface area contributed by atoms with Gasteiger partial charge in [0.1, 0.15) is 5.82 Å². The lowest BCUT2D eigenvalue weighted by Crippen LogP contribution is -2.40. The van der Waals surface area contributed by atoms with E-state index < -0.39 is 0 Å². The molecule has 3 heterocycles. The van der Waals surface area contributed by atoms with Crippen molar-refractivity contribution in [2.24, 2.45) is 5.41 Å². The fraction of sp³-hybridized carbons (Fsp3) is 0.571. The molecule has 0 amide bonds. The van der Waals surface area contributed by atoms with E-state index in [9.17, 15) is 0 Å². The Morgan fingerprint density at radius 1 is 1.40 bits per heavy atom. The lowest BCUT2D eigenvalue weighted by atomic mass is 9.80. The Hall–Kier alpha value is -1.82. The molecule has 3 rings (SSSR count). The van der Waals surface area contributed by atoms with Crippen molar-refractivity contribution in [1.82, 2.24) is 19.3 Å². The maximum absolute atomic E-state index is 5.84. The zero-order valence-electron chi connectivity index (χ0n) is 12.1. The van der Waals surface area contributed by atoms with E-state index in [1.54, 1.807) is 12.4 Å². The molecular weight excluding hydrogens is 252 g/mol. The summed E-state index contributed by atoms with van der Waals surface area (Å²) in [5.74, 6) is 1.28. The minimum atomic E-state index is 0.308. The monoisotopic (exact) mass is 274 g/mol. The van der Waals surface area contributed by atoms with E-state index in [4.69, 9.17) is 5.73 Å². The first kappa shape index (κ1) is 13.2. The second-order valence-electron chi connectivity index (χ2n) is 6.14. The van der Waals surface area contributed by atoms with E-state index in [1.807, 2.05) is 10.6 Å². The largest absolute Gasteiger partial charge is 0.382 e. The molecule has 0 unspecified atom stereocenters. The van der Waals surface area contributed by atoms with Gasteiger partial charge < -0.3 is 20.4 Å². The summed E-state index contributed by atoms with van der Waals surface area (Å²) < 4.78 is 1.90. The van der Waals surface area contributed by atoms with Crippen LogP contribution in [0.1, 0.15) is 19.8 Å². The summed E-state index contributed by atoms with van der Waals surface area (Å²) in [6, 6.07) is 0. The van der Waals surface area contributed by atoms with Gasteiger partial charge in [0.2, 0.25) is 0 Å². The molecule has 20 heavy (non-hydrogen) atoms. The Balaban J connectivity index is 1.75. The summed E-state index contributed by atoms with van der Waals surface area (Å²) in [5.41, 5.74) is 6.97. The Morgan fingerprint density at radius 3 is 2.90 bits per heavy atom. The average molecular weight is 274 g/mol. The van der Waals surface area contributed by atoms with Crippen molar-refractivity contribution >= 4 is 17.3 Å². The molecule has 0 spiro atoms. The summed E-state index contributed by atoms with van der Waals surface area (Å²) in [4.78, 5) is 11.1. The highest BCUT2D eigenvalue weighted by atomic mass is 15.1. The van der Waals surface area contributed by atoms with Crippen molar-refractivity contribution in [3.05, 3.63) is 18.6 Å².